The second-order valence-corrected chi connectivity index (χ2v) is 9.19. The first kappa shape index (κ1) is 29.7. The van der Waals surface area contributed by atoms with Crippen LogP contribution in [0.4, 0.5) is 0 Å². The molecule has 0 spiro atoms. The quantitative estimate of drug-likeness (QED) is 0.496. The molecule has 0 radical (unpaired) electrons. The van der Waals surface area contributed by atoms with Crippen molar-refractivity contribution in [2.75, 3.05) is 6.54 Å². The highest BCUT2D eigenvalue weighted by Gasteiger charge is 2.27. The third-order valence-electron chi connectivity index (χ3n) is 4.15. The van der Waals surface area contributed by atoms with Gasteiger partial charge in [0.15, 0.2) is 0 Å². The molecule has 1 heterocycles. The van der Waals surface area contributed by atoms with Crippen LogP contribution in [-0.4, -0.2) is 35.8 Å². The smallest absolute Gasteiger partial charge is 0.242 e. The molecule has 1 aliphatic heterocycles. The maximum Gasteiger partial charge on any atom is 0.242 e. The maximum atomic E-state index is 11.1. The fourth-order valence-corrected chi connectivity index (χ4v) is 2.28. The first-order valence-corrected chi connectivity index (χ1v) is 11.8. The Morgan fingerprint density at radius 2 is 1.28 bits per heavy atom. The average Bonchev–Trinajstić information content (AvgIpc) is 3.55. The summed E-state index contributed by atoms with van der Waals surface area (Å²) in [7, 11) is 0. The Bertz CT molecular complexity index is 677. The molecule has 0 bridgehead atoms. The monoisotopic (exact) mass is 460 g/mol. The van der Waals surface area contributed by atoms with Crippen molar-refractivity contribution >= 4 is 23.9 Å². The van der Waals surface area contributed by atoms with Crippen molar-refractivity contribution in [1.82, 2.24) is 10.2 Å². The molecule has 2 amide bonds. The summed E-state index contributed by atoms with van der Waals surface area (Å²) in [5.41, 5.74) is 0. The Hall–Kier alpha value is -2.33. The highest BCUT2D eigenvalue weighted by atomic mass is 35.5. The molecule has 178 valence electrons. The minimum atomic E-state index is -0.316. The first-order chi connectivity index (χ1) is 15.2. The zero-order chi connectivity index (χ0) is 24.4. The number of piperazine rings is 1. The summed E-state index contributed by atoms with van der Waals surface area (Å²) in [6.45, 7) is 13.0. The number of carbonyl (C=O) groups is 2. The topological polar surface area (TPSA) is 49.4 Å². The predicted octanol–water partition coefficient (Wildman–Crippen LogP) is 6.46. The molecule has 4 nitrogen and oxygen atoms in total. The molecule has 1 saturated carbocycles. The van der Waals surface area contributed by atoms with Gasteiger partial charge in [0.05, 0.1) is 0 Å². The Morgan fingerprint density at radius 1 is 0.906 bits per heavy atom. The van der Waals surface area contributed by atoms with E-state index in [0.29, 0.717) is 6.54 Å². The molecule has 2 aliphatic rings. The molecule has 2 aromatic carbocycles. The van der Waals surface area contributed by atoms with Crippen LogP contribution in [0.5, 0.6) is 0 Å². The SMILES string of the molecule is CC(C)C.CC1CC1.CC1CN(C=O)C(C)C(=O)N1.Clc1ccccc1.c1ccccc1. The molecular weight excluding hydrogens is 420 g/mol. The lowest BCUT2D eigenvalue weighted by molar-refractivity contribution is -0.136. The summed E-state index contributed by atoms with van der Waals surface area (Å²) in [5.74, 6) is 1.84. The number of nitrogens with one attached hydrogen (secondary N) is 1. The van der Waals surface area contributed by atoms with E-state index in [0.717, 1.165) is 23.3 Å². The summed E-state index contributed by atoms with van der Waals surface area (Å²) < 4.78 is 0. The zero-order valence-corrected chi connectivity index (χ0v) is 21.3. The number of halogens is 1. The predicted molar refractivity (Wildman–Crippen MR) is 137 cm³/mol. The minimum Gasteiger partial charge on any atom is -0.350 e. The van der Waals surface area contributed by atoms with Crippen molar-refractivity contribution in [3.63, 3.8) is 0 Å². The van der Waals surface area contributed by atoms with Gasteiger partial charge in [0, 0.05) is 17.6 Å². The Kier molecular flexibility index (Phi) is 16.9. The summed E-state index contributed by atoms with van der Waals surface area (Å²) in [6.07, 6.45) is 3.69. The fraction of sp³-hybridized carbons (Fsp3) is 0.481. The van der Waals surface area contributed by atoms with Gasteiger partial charge in [-0.1, -0.05) is 107 Å². The summed E-state index contributed by atoms with van der Waals surface area (Å²) in [5, 5.41) is 3.55. The van der Waals surface area contributed by atoms with Gasteiger partial charge in [-0.2, -0.15) is 0 Å². The van der Waals surface area contributed by atoms with Crippen molar-refractivity contribution < 1.29 is 9.59 Å². The van der Waals surface area contributed by atoms with Gasteiger partial charge in [0.25, 0.3) is 0 Å². The molecule has 5 heteroatoms. The van der Waals surface area contributed by atoms with Gasteiger partial charge in [-0.15, -0.1) is 0 Å². The van der Waals surface area contributed by atoms with Crippen LogP contribution in [-0.2, 0) is 9.59 Å². The highest BCUT2D eigenvalue weighted by molar-refractivity contribution is 6.30. The molecule has 2 aromatic rings. The van der Waals surface area contributed by atoms with Crippen molar-refractivity contribution in [3.05, 3.63) is 71.8 Å². The van der Waals surface area contributed by atoms with Gasteiger partial charge in [-0.3, -0.25) is 9.59 Å². The normalized spacial score (nSPS) is 18.6. The van der Waals surface area contributed by atoms with Crippen LogP contribution in [0.3, 0.4) is 0 Å². The van der Waals surface area contributed by atoms with Crippen LogP contribution in [0.25, 0.3) is 0 Å². The van der Waals surface area contributed by atoms with Gasteiger partial charge in [-0.05, 0) is 37.8 Å². The number of hydrogen-bond acceptors (Lipinski definition) is 2. The second kappa shape index (κ2) is 18.3. The van der Waals surface area contributed by atoms with E-state index in [2.05, 4.69) is 33.0 Å². The summed E-state index contributed by atoms with van der Waals surface area (Å²) in [6, 6.07) is 21.2. The third kappa shape index (κ3) is 18.4. The van der Waals surface area contributed by atoms with E-state index in [1.807, 2.05) is 73.7 Å². The number of nitrogens with zero attached hydrogens (tertiary/aromatic N) is 1. The summed E-state index contributed by atoms with van der Waals surface area (Å²) in [4.78, 5) is 23.0. The molecule has 32 heavy (non-hydrogen) atoms. The molecule has 1 N–H and O–H groups in total. The lowest BCUT2D eigenvalue weighted by atomic mass is 10.1. The molecule has 2 atom stereocenters. The molecule has 1 saturated heterocycles. The Balaban J connectivity index is 0.000000398. The standard InChI is InChI=1S/C7H12N2O2.C6H5Cl.C6H6.C4H8.C4H10/c1-5-3-9(4-10)6(2)7(11)8-5;7-6-4-2-1-3-5-6;1-2-4-6-5-3-1;1-4-2-3-4;1-4(2)3/h4-6H,3H2,1-2H3,(H,8,11);1-5H;1-6H;4H,2-3H2,1H3;4H,1-3H3. The summed E-state index contributed by atoms with van der Waals surface area (Å²) >= 11 is 5.54. The van der Waals surface area contributed by atoms with Gasteiger partial charge in [-0.25, -0.2) is 0 Å². The molecular formula is C27H41ClN2O2. The van der Waals surface area contributed by atoms with Gasteiger partial charge in [0.1, 0.15) is 6.04 Å². The van der Waals surface area contributed by atoms with Crippen LogP contribution < -0.4 is 5.32 Å². The average molecular weight is 461 g/mol. The van der Waals surface area contributed by atoms with Gasteiger partial charge in [0.2, 0.25) is 12.3 Å². The van der Waals surface area contributed by atoms with E-state index in [1.54, 1.807) is 6.92 Å². The maximum absolute atomic E-state index is 11.1. The molecule has 2 unspecified atom stereocenters. The Labute approximate surface area is 200 Å². The van der Waals surface area contributed by atoms with Crippen LogP contribution >= 0.6 is 11.6 Å². The van der Waals surface area contributed by atoms with Crippen molar-refractivity contribution in [2.45, 2.75) is 66.5 Å². The molecule has 0 aromatic heterocycles. The van der Waals surface area contributed by atoms with Crippen molar-refractivity contribution in [1.29, 1.82) is 0 Å². The number of carbonyl (C=O) groups excluding carboxylic acids is 2. The van der Waals surface area contributed by atoms with Crippen molar-refractivity contribution in [3.8, 4) is 0 Å². The molecule has 1 aliphatic carbocycles. The minimum absolute atomic E-state index is 0.0731. The second-order valence-electron chi connectivity index (χ2n) is 8.75. The van der Waals surface area contributed by atoms with Crippen LogP contribution in [0.15, 0.2) is 66.7 Å². The lowest BCUT2D eigenvalue weighted by Crippen LogP contribution is -2.57. The van der Waals surface area contributed by atoms with Gasteiger partial charge < -0.3 is 10.2 Å². The first-order valence-electron chi connectivity index (χ1n) is 11.4. The third-order valence-corrected chi connectivity index (χ3v) is 4.40. The fourth-order valence-electron chi connectivity index (χ4n) is 2.13. The number of hydrogen-bond donors (Lipinski definition) is 1. The number of rotatable bonds is 1. The van der Waals surface area contributed by atoms with Crippen LogP contribution in [0, 0.1) is 11.8 Å². The zero-order valence-electron chi connectivity index (χ0n) is 20.5. The highest BCUT2D eigenvalue weighted by Crippen LogP contribution is 2.26. The van der Waals surface area contributed by atoms with Gasteiger partial charge >= 0.3 is 0 Å². The van der Waals surface area contributed by atoms with E-state index in [-0.39, 0.29) is 18.0 Å². The number of amides is 2. The van der Waals surface area contributed by atoms with E-state index in [1.165, 1.54) is 17.7 Å². The van der Waals surface area contributed by atoms with E-state index in [4.69, 9.17) is 11.6 Å². The largest absolute Gasteiger partial charge is 0.350 e. The van der Waals surface area contributed by atoms with Crippen LogP contribution in [0.1, 0.15) is 54.4 Å². The Morgan fingerprint density at radius 3 is 1.56 bits per heavy atom. The lowest BCUT2D eigenvalue weighted by Gasteiger charge is -2.33. The molecule has 4 rings (SSSR count). The van der Waals surface area contributed by atoms with E-state index in [9.17, 15) is 9.59 Å². The van der Waals surface area contributed by atoms with Crippen molar-refractivity contribution in [2.24, 2.45) is 11.8 Å². The van der Waals surface area contributed by atoms with Crippen LogP contribution in [0.2, 0.25) is 5.02 Å². The number of benzene rings is 2. The van der Waals surface area contributed by atoms with E-state index < -0.39 is 0 Å². The van der Waals surface area contributed by atoms with E-state index >= 15 is 0 Å². The molecule has 2 fully saturated rings.